The zero-order chi connectivity index (χ0) is 25.2. The summed E-state index contributed by atoms with van der Waals surface area (Å²) in [4.78, 5) is 0. The Balaban J connectivity index is 1.47. The van der Waals surface area contributed by atoms with Crippen molar-refractivity contribution in [1.29, 1.82) is 0 Å². The molecule has 0 N–H and O–H groups in total. The quantitative estimate of drug-likeness (QED) is 0.299. The minimum absolute atomic E-state index is 0.0361. The predicted octanol–water partition coefficient (Wildman–Crippen LogP) is 4.62. The van der Waals surface area contributed by atoms with Crippen molar-refractivity contribution in [2.75, 3.05) is 6.26 Å². The molecule has 0 amide bonds. The Bertz CT molecular complexity index is 1300. The third kappa shape index (κ3) is 5.89. The Morgan fingerprint density at radius 1 is 0.714 bits per heavy atom. The van der Waals surface area contributed by atoms with E-state index in [1.807, 2.05) is 0 Å². The van der Waals surface area contributed by atoms with Crippen LogP contribution in [-0.4, -0.2) is 39.4 Å². The summed E-state index contributed by atoms with van der Waals surface area (Å²) in [5, 5.41) is 13.7. The van der Waals surface area contributed by atoms with Gasteiger partial charge in [0.15, 0.2) is 0 Å². The summed E-state index contributed by atoms with van der Waals surface area (Å²) in [5.41, 5.74) is 2.08. The lowest BCUT2D eigenvalue weighted by Gasteiger charge is -2.20. The highest BCUT2D eigenvalue weighted by Gasteiger charge is 2.20. The van der Waals surface area contributed by atoms with E-state index in [2.05, 4.69) is 20.4 Å². The zero-order valence-corrected chi connectivity index (χ0v) is 18.8. The summed E-state index contributed by atoms with van der Waals surface area (Å²) in [6.07, 6.45) is -4.69. The molecule has 0 unspecified atom stereocenters. The molecule has 4 rings (SSSR count). The van der Waals surface area contributed by atoms with Crippen molar-refractivity contribution in [1.82, 2.24) is 24.7 Å². The van der Waals surface area contributed by atoms with Gasteiger partial charge >= 0.3 is 12.9 Å². The minimum Gasteiger partial charge on any atom is -0.415 e. The first-order valence-electron chi connectivity index (χ1n) is 9.97. The lowest BCUT2D eigenvalue weighted by atomic mass is 10.1. The van der Waals surface area contributed by atoms with E-state index in [0.717, 1.165) is 6.26 Å². The van der Waals surface area contributed by atoms with Gasteiger partial charge in [0.25, 0.3) is 11.8 Å². The van der Waals surface area contributed by atoms with Gasteiger partial charge in [-0.05, 0) is 35.4 Å². The molecule has 0 saturated carbocycles. The van der Waals surface area contributed by atoms with E-state index in [-0.39, 0.29) is 24.9 Å². The molecule has 9 nitrogen and oxygen atoms in total. The normalized spacial score (nSPS) is 12.2. The Labute approximate surface area is 196 Å². The average Bonchev–Trinajstić information content (AvgIpc) is 3.50. The van der Waals surface area contributed by atoms with Gasteiger partial charge < -0.3 is 8.83 Å². The van der Waals surface area contributed by atoms with Gasteiger partial charge in [0, 0.05) is 24.2 Å². The molecule has 0 saturated heterocycles. The van der Waals surface area contributed by atoms with Crippen molar-refractivity contribution in [3.05, 3.63) is 71.4 Å². The summed E-state index contributed by atoms with van der Waals surface area (Å²) in [7, 11) is -3.61. The van der Waals surface area contributed by atoms with Gasteiger partial charge in [-0.2, -0.15) is 21.9 Å². The van der Waals surface area contributed by atoms with Crippen LogP contribution >= 0.6 is 0 Å². The number of benzene rings is 2. The second-order valence-corrected chi connectivity index (χ2v) is 9.40. The van der Waals surface area contributed by atoms with E-state index in [1.165, 1.54) is 4.31 Å². The maximum absolute atomic E-state index is 12.6. The van der Waals surface area contributed by atoms with Crippen LogP contribution in [0, 0.1) is 0 Å². The molecule has 0 aliphatic rings. The fourth-order valence-corrected chi connectivity index (χ4v) is 3.85. The van der Waals surface area contributed by atoms with Crippen molar-refractivity contribution >= 4 is 10.0 Å². The largest absolute Gasteiger partial charge is 0.415 e. The molecule has 2 aromatic carbocycles. The maximum Gasteiger partial charge on any atom is 0.314 e. The van der Waals surface area contributed by atoms with Crippen LogP contribution in [0.25, 0.3) is 22.9 Å². The number of hydrogen-bond acceptors (Lipinski definition) is 8. The topological polar surface area (TPSA) is 115 Å². The molecule has 0 bridgehead atoms. The second-order valence-electron chi connectivity index (χ2n) is 7.42. The zero-order valence-electron chi connectivity index (χ0n) is 18.0. The Kier molecular flexibility index (Phi) is 6.93. The van der Waals surface area contributed by atoms with Gasteiger partial charge in [-0.25, -0.2) is 8.42 Å². The van der Waals surface area contributed by atoms with Crippen molar-refractivity contribution < 1.29 is 34.8 Å². The smallest absolute Gasteiger partial charge is 0.314 e. The number of aromatic nitrogens is 4. The fourth-order valence-electron chi connectivity index (χ4n) is 3.08. The molecule has 0 atom stereocenters. The van der Waals surface area contributed by atoms with E-state index in [4.69, 9.17) is 8.83 Å². The molecule has 14 heteroatoms. The van der Waals surface area contributed by atoms with Crippen molar-refractivity contribution in [2.45, 2.75) is 25.9 Å². The summed E-state index contributed by atoms with van der Waals surface area (Å²) < 4.78 is 86.3. The lowest BCUT2D eigenvalue weighted by molar-refractivity contribution is 0.115. The van der Waals surface area contributed by atoms with Crippen LogP contribution < -0.4 is 0 Å². The van der Waals surface area contributed by atoms with Gasteiger partial charge in [0.1, 0.15) is 0 Å². The summed E-state index contributed by atoms with van der Waals surface area (Å²) in [6.45, 7) is 0.0722. The molecule has 0 aliphatic heterocycles. The van der Waals surface area contributed by atoms with E-state index < -0.39 is 34.7 Å². The molecule has 4 aromatic rings. The van der Waals surface area contributed by atoms with Gasteiger partial charge in [-0.1, -0.05) is 24.3 Å². The minimum atomic E-state index is -3.61. The van der Waals surface area contributed by atoms with E-state index >= 15 is 0 Å². The van der Waals surface area contributed by atoms with Gasteiger partial charge in [0.2, 0.25) is 21.8 Å². The maximum atomic E-state index is 12.6. The predicted molar refractivity (Wildman–Crippen MR) is 113 cm³/mol. The van der Waals surface area contributed by atoms with Crippen molar-refractivity contribution in [3.8, 4) is 22.9 Å². The average molecular weight is 511 g/mol. The number of nitrogens with zero attached hydrogens (tertiary/aromatic N) is 5. The summed E-state index contributed by atoms with van der Waals surface area (Å²) in [6, 6.07) is 12.7. The third-order valence-electron chi connectivity index (χ3n) is 4.84. The molecule has 0 radical (unpaired) electrons. The molecule has 0 aliphatic carbocycles. The highest BCUT2D eigenvalue weighted by molar-refractivity contribution is 7.88. The van der Waals surface area contributed by atoms with Crippen LogP contribution in [0.1, 0.15) is 35.8 Å². The number of alkyl halides is 4. The molecular weight excluding hydrogens is 494 g/mol. The Morgan fingerprint density at radius 3 is 1.37 bits per heavy atom. The first-order chi connectivity index (χ1) is 16.6. The summed E-state index contributed by atoms with van der Waals surface area (Å²) in [5.74, 6) is -1.72. The third-order valence-corrected chi connectivity index (χ3v) is 6.04. The van der Waals surface area contributed by atoms with Crippen molar-refractivity contribution in [2.24, 2.45) is 0 Å². The first kappa shape index (κ1) is 24.5. The summed E-state index contributed by atoms with van der Waals surface area (Å²) >= 11 is 0. The van der Waals surface area contributed by atoms with Crippen molar-refractivity contribution in [3.63, 3.8) is 0 Å². The van der Waals surface area contributed by atoms with Crippen LogP contribution in [0.3, 0.4) is 0 Å². The van der Waals surface area contributed by atoms with Gasteiger partial charge in [-0.15, -0.1) is 20.4 Å². The molecule has 0 fully saturated rings. The van der Waals surface area contributed by atoms with Gasteiger partial charge in [0.05, 0.1) is 6.26 Å². The van der Waals surface area contributed by atoms with Crippen LogP contribution in [0.2, 0.25) is 0 Å². The van der Waals surface area contributed by atoms with Crippen LogP contribution in [0.15, 0.2) is 57.4 Å². The van der Waals surface area contributed by atoms with E-state index in [0.29, 0.717) is 22.3 Å². The Hall–Kier alpha value is -3.65. The molecule has 0 spiro atoms. The first-order valence-corrected chi connectivity index (χ1v) is 11.8. The molecule has 2 heterocycles. The highest BCUT2D eigenvalue weighted by Crippen LogP contribution is 2.26. The molecule has 184 valence electrons. The van der Waals surface area contributed by atoms with Gasteiger partial charge in [-0.3, -0.25) is 0 Å². The van der Waals surface area contributed by atoms with Crippen LogP contribution in [0.4, 0.5) is 17.6 Å². The Morgan fingerprint density at radius 2 is 1.09 bits per heavy atom. The number of rotatable bonds is 9. The number of sulfonamides is 1. The molecular formula is C21H17F4N5O4S. The number of halogens is 4. The standard InChI is InChI=1S/C21H17F4N5O4S/c1-35(31,32)30(10-12-2-6-14(7-3-12)18-26-28-20(33-18)16(22)23)11-13-4-8-15(9-5-13)19-27-29-21(34-19)17(24)25/h2-9,16-17H,10-11H2,1H3. The van der Waals surface area contributed by atoms with E-state index in [1.54, 1.807) is 48.5 Å². The highest BCUT2D eigenvalue weighted by atomic mass is 32.2. The second kappa shape index (κ2) is 9.92. The fraction of sp³-hybridized carbons (Fsp3) is 0.238. The SMILES string of the molecule is CS(=O)(=O)N(Cc1ccc(-c2nnc(C(F)F)o2)cc1)Cc1ccc(-c2nnc(C(F)F)o2)cc1. The molecule has 2 aromatic heterocycles. The van der Waals surface area contributed by atoms with Crippen LogP contribution in [-0.2, 0) is 23.1 Å². The monoisotopic (exact) mass is 511 g/mol. The van der Waals surface area contributed by atoms with Crippen LogP contribution in [0.5, 0.6) is 0 Å². The lowest BCUT2D eigenvalue weighted by Crippen LogP contribution is -2.29. The molecule has 35 heavy (non-hydrogen) atoms. The number of hydrogen-bond donors (Lipinski definition) is 0. The van der Waals surface area contributed by atoms with E-state index in [9.17, 15) is 26.0 Å².